The Morgan fingerprint density at radius 1 is 1.35 bits per heavy atom. The molecule has 0 aromatic heterocycles. The van der Waals surface area contributed by atoms with E-state index in [1.165, 1.54) is 6.42 Å². The van der Waals surface area contributed by atoms with Crippen LogP contribution in [-0.2, 0) is 11.2 Å². The van der Waals surface area contributed by atoms with Gasteiger partial charge in [0.15, 0.2) is 5.78 Å². The number of fused-ring (bicyclic) bond motifs is 1. The van der Waals surface area contributed by atoms with E-state index >= 15 is 0 Å². The fourth-order valence-electron chi connectivity index (χ4n) is 2.70. The number of aryl methyl sites for hydroxylation is 1. The molecule has 2 aliphatic rings. The molecule has 0 aliphatic heterocycles. The van der Waals surface area contributed by atoms with E-state index in [0.717, 1.165) is 22.4 Å². The van der Waals surface area contributed by atoms with Gasteiger partial charge < -0.3 is 4.74 Å². The monoisotopic (exact) mass is 268 g/mol. The second-order valence-corrected chi connectivity index (χ2v) is 5.68. The minimum atomic E-state index is 0.206. The number of carbonyl (C=O) groups excluding carboxylic acids is 1. The minimum Gasteiger partial charge on any atom is -0.494 e. The molecule has 0 amide bonds. The number of carbonyl (C=O) groups is 1. The van der Waals surface area contributed by atoms with Gasteiger partial charge in [-0.25, -0.2) is 0 Å². The molecule has 0 saturated heterocycles. The fraction of sp³-hybridized carbons (Fsp3) is 0.389. The number of Topliss-reactive ketones (excluding diaryl/α,β-unsaturated/α-hetero) is 1. The van der Waals surface area contributed by atoms with Crippen molar-refractivity contribution in [3.8, 4) is 5.75 Å². The van der Waals surface area contributed by atoms with Crippen LogP contribution in [0.25, 0.3) is 0 Å². The van der Waals surface area contributed by atoms with Crippen LogP contribution in [0.2, 0.25) is 0 Å². The lowest BCUT2D eigenvalue weighted by Gasteiger charge is -2.10. The molecule has 2 heteroatoms. The van der Waals surface area contributed by atoms with Gasteiger partial charge in [0.2, 0.25) is 0 Å². The molecule has 2 unspecified atom stereocenters. The number of ether oxygens (including phenoxy) is 1. The Morgan fingerprint density at radius 3 is 2.95 bits per heavy atom. The van der Waals surface area contributed by atoms with Gasteiger partial charge in [0.05, 0.1) is 6.61 Å². The molecule has 0 radical (unpaired) electrons. The predicted octanol–water partition coefficient (Wildman–Crippen LogP) is 3.64. The van der Waals surface area contributed by atoms with E-state index in [1.807, 2.05) is 38.1 Å². The molecule has 1 saturated carbocycles. The van der Waals surface area contributed by atoms with Crippen molar-refractivity contribution in [2.24, 2.45) is 11.8 Å². The summed E-state index contributed by atoms with van der Waals surface area (Å²) < 4.78 is 5.59. The smallest absolute Gasteiger partial charge is 0.166 e. The van der Waals surface area contributed by atoms with Crippen molar-refractivity contribution in [2.75, 3.05) is 6.61 Å². The average molecular weight is 268 g/mol. The lowest BCUT2D eigenvalue weighted by atomic mass is 9.98. The van der Waals surface area contributed by atoms with Crippen LogP contribution in [-0.4, -0.2) is 12.4 Å². The van der Waals surface area contributed by atoms with Crippen LogP contribution in [0.1, 0.15) is 24.5 Å². The molecule has 0 spiro atoms. The first-order chi connectivity index (χ1) is 9.67. The zero-order chi connectivity index (χ0) is 14.1. The maximum atomic E-state index is 12.3. The highest BCUT2D eigenvalue weighted by Crippen LogP contribution is 2.44. The lowest BCUT2D eigenvalue weighted by molar-refractivity contribution is -0.114. The molecule has 20 heavy (non-hydrogen) atoms. The number of allylic oxidation sites excluding steroid dienone is 4. The second-order valence-electron chi connectivity index (χ2n) is 5.68. The number of rotatable bonds is 5. The Balaban J connectivity index is 1.72. The number of benzene rings is 1. The molecule has 104 valence electrons. The van der Waals surface area contributed by atoms with Crippen molar-refractivity contribution < 1.29 is 9.53 Å². The van der Waals surface area contributed by atoms with Crippen LogP contribution in [0.3, 0.4) is 0 Å². The van der Waals surface area contributed by atoms with E-state index in [9.17, 15) is 4.79 Å². The SMILES string of the molecule is CCOc1cc(CC(=O)C2=CC3CC3C=C2)ccc1C. The van der Waals surface area contributed by atoms with E-state index in [1.54, 1.807) is 0 Å². The van der Waals surface area contributed by atoms with Gasteiger partial charge in [-0.15, -0.1) is 0 Å². The van der Waals surface area contributed by atoms with Crippen molar-refractivity contribution in [3.63, 3.8) is 0 Å². The number of ketones is 1. The number of hydrogen-bond acceptors (Lipinski definition) is 2. The van der Waals surface area contributed by atoms with Crippen LogP contribution in [0.4, 0.5) is 0 Å². The summed E-state index contributed by atoms with van der Waals surface area (Å²) in [6.45, 7) is 4.65. The lowest BCUT2D eigenvalue weighted by Crippen LogP contribution is -2.07. The van der Waals surface area contributed by atoms with E-state index in [2.05, 4.69) is 12.2 Å². The highest BCUT2D eigenvalue weighted by atomic mass is 16.5. The van der Waals surface area contributed by atoms with Crippen molar-refractivity contribution >= 4 is 5.78 Å². The maximum Gasteiger partial charge on any atom is 0.166 e. The largest absolute Gasteiger partial charge is 0.494 e. The van der Waals surface area contributed by atoms with Gasteiger partial charge in [0.25, 0.3) is 0 Å². The van der Waals surface area contributed by atoms with Gasteiger partial charge in [0.1, 0.15) is 5.75 Å². The van der Waals surface area contributed by atoms with E-state index in [4.69, 9.17) is 4.74 Å². The Labute approximate surface area is 120 Å². The van der Waals surface area contributed by atoms with E-state index in [0.29, 0.717) is 24.9 Å². The third kappa shape index (κ3) is 2.69. The van der Waals surface area contributed by atoms with Gasteiger partial charge >= 0.3 is 0 Å². The summed E-state index contributed by atoms with van der Waals surface area (Å²) in [5.41, 5.74) is 3.01. The summed E-state index contributed by atoms with van der Waals surface area (Å²) in [5.74, 6) is 2.41. The summed E-state index contributed by atoms with van der Waals surface area (Å²) in [7, 11) is 0. The first kappa shape index (κ1) is 13.2. The summed E-state index contributed by atoms with van der Waals surface area (Å²) in [6.07, 6.45) is 7.98. The first-order valence-electron chi connectivity index (χ1n) is 7.33. The Kier molecular flexibility index (Phi) is 3.47. The van der Waals surface area contributed by atoms with Gasteiger partial charge in [-0.05, 0) is 49.3 Å². The summed E-state index contributed by atoms with van der Waals surface area (Å²) in [5, 5.41) is 0. The van der Waals surface area contributed by atoms with Crippen LogP contribution >= 0.6 is 0 Å². The van der Waals surface area contributed by atoms with Crippen LogP contribution in [0.5, 0.6) is 5.75 Å². The summed E-state index contributed by atoms with van der Waals surface area (Å²) in [6, 6.07) is 6.03. The van der Waals surface area contributed by atoms with Crippen LogP contribution in [0.15, 0.2) is 42.0 Å². The Bertz CT molecular complexity index is 595. The van der Waals surface area contributed by atoms with Gasteiger partial charge in [-0.2, -0.15) is 0 Å². The van der Waals surface area contributed by atoms with Crippen molar-refractivity contribution in [3.05, 3.63) is 53.1 Å². The Hall–Kier alpha value is -1.83. The van der Waals surface area contributed by atoms with E-state index in [-0.39, 0.29) is 5.78 Å². The normalized spacial score (nSPS) is 23.0. The molecule has 0 heterocycles. The average Bonchev–Trinajstić information content (AvgIpc) is 3.21. The topological polar surface area (TPSA) is 26.3 Å². The van der Waals surface area contributed by atoms with Crippen molar-refractivity contribution in [1.82, 2.24) is 0 Å². The molecule has 1 fully saturated rings. The number of hydrogen-bond donors (Lipinski definition) is 0. The molecule has 0 N–H and O–H groups in total. The van der Waals surface area contributed by atoms with Crippen LogP contribution < -0.4 is 4.74 Å². The first-order valence-corrected chi connectivity index (χ1v) is 7.33. The predicted molar refractivity (Wildman–Crippen MR) is 79.9 cm³/mol. The molecule has 2 aliphatic carbocycles. The van der Waals surface area contributed by atoms with Gasteiger partial charge in [0, 0.05) is 12.0 Å². The summed E-state index contributed by atoms with van der Waals surface area (Å²) in [4.78, 5) is 12.3. The highest BCUT2D eigenvalue weighted by Gasteiger charge is 2.35. The molecular formula is C18H20O2. The van der Waals surface area contributed by atoms with Gasteiger partial charge in [-0.1, -0.05) is 30.4 Å². The van der Waals surface area contributed by atoms with E-state index < -0.39 is 0 Å². The molecule has 1 aromatic carbocycles. The zero-order valence-electron chi connectivity index (χ0n) is 12.1. The van der Waals surface area contributed by atoms with Crippen molar-refractivity contribution in [1.29, 1.82) is 0 Å². The van der Waals surface area contributed by atoms with Gasteiger partial charge in [-0.3, -0.25) is 4.79 Å². The fourth-order valence-corrected chi connectivity index (χ4v) is 2.70. The Morgan fingerprint density at radius 2 is 2.20 bits per heavy atom. The third-order valence-corrected chi connectivity index (χ3v) is 4.05. The quantitative estimate of drug-likeness (QED) is 0.815. The minimum absolute atomic E-state index is 0.206. The molecule has 2 nitrogen and oxygen atoms in total. The molecular weight excluding hydrogens is 248 g/mol. The zero-order valence-corrected chi connectivity index (χ0v) is 12.1. The molecule has 1 aromatic rings. The highest BCUT2D eigenvalue weighted by molar-refractivity contribution is 5.99. The molecule has 3 rings (SSSR count). The third-order valence-electron chi connectivity index (χ3n) is 4.05. The standard InChI is InChI=1S/C18H20O2/c1-3-20-18-9-13(5-4-12(18)2)8-17(19)15-7-6-14-10-16(14)11-15/h4-7,9,11,14,16H,3,8,10H2,1-2H3. The second kappa shape index (κ2) is 5.28. The summed E-state index contributed by atoms with van der Waals surface area (Å²) >= 11 is 0. The van der Waals surface area contributed by atoms with Crippen molar-refractivity contribution in [2.45, 2.75) is 26.7 Å². The maximum absolute atomic E-state index is 12.3. The molecule has 0 bridgehead atoms. The molecule has 2 atom stereocenters. The van der Waals surface area contributed by atoms with Crippen LogP contribution in [0, 0.1) is 18.8 Å².